The quantitative estimate of drug-likeness (QED) is 0.517. The molecule has 0 aromatic heterocycles. The van der Waals surface area contributed by atoms with E-state index in [0.717, 1.165) is 15.6 Å². The van der Waals surface area contributed by atoms with Gasteiger partial charge in [0, 0.05) is 34.4 Å². The number of nitrogens with one attached hydrogen (secondary N) is 1. The standard InChI is InChI=1S/C26H24BrN3O5S/c27-20-8-11-23-22(16-20)25(18-4-2-1-3-5-18)30(17-24(31)28-23)26(32)19-6-9-21(10-7-19)36(33,34)29-12-14-35-15-13-29/h1-11,16,25H,12-15,17H2,(H,28,31)/t25-/m0/s1. The lowest BCUT2D eigenvalue weighted by atomic mass is 9.95. The van der Waals surface area contributed by atoms with E-state index in [4.69, 9.17) is 4.74 Å². The topological polar surface area (TPSA) is 96.0 Å². The van der Waals surface area contributed by atoms with Crippen molar-refractivity contribution in [3.05, 3.63) is 94.0 Å². The first-order valence-corrected chi connectivity index (χ1v) is 13.7. The van der Waals surface area contributed by atoms with Crippen LogP contribution in [0, 0.1) is 0 Å². The number of hydrogen-bond acceptors (Lipinski definition) is 5. The van der Waals surface area contributed by atoms with Crippen LogP contribution in [0.2, 0.25) is 0 Å². The van der Waals surface area contributed by atoms with Gasteiger partial charge in [-0.05, 0) is 48.0 Å². The molecule has 0 bridgehead atoms. The van der Waals surface area contributed by atoms with Crippen LogP contribution in [0.4, 0.5) is 5.69 Å². The van der Waals surface area contributed by atoms with E-state index in [1.807, 2.05) is 48.5 Å². The summed E-state index contributed by atoms with van der Waals surface area (Å²) in [5, 5.41) is 2.90. The van der Waals surface area contributed by atoms with Crippen molar-refractivity contribution in [2.24, 2.45) is 0 Å². The molecule has 36 heavy (non-hydrogen) atoms. The van der Waals surface area contributed by atoms with E-state index in [1.165, 1.54) is 33.5 Å². The Morgan fingerprint density at radius 3 is 2.36 bits per heavy atom. The molecule has 2 amide bonds. The highest BCUT2D eigenvalue weighted by Gasteiger charge is 2.34. The molecule has 0 saturated carbocycles. The number of benzene rings is 3. The molecule has 0 radical (unpaired) electrons. The van der Waals surface area contributed by atoms with Crippen LogP contribution in [0.1, 0.15) is 27.5 Å². The van der Waals surface area contributed by atoms with Crippen LogP contribution in [0.25, 0.3) is 0 Å². The first-order valence-electron chi connectivity index (χ1n) is 11.5. The fraction of sp³-hybridized carbons (Fsp3) is 0.231. The van der Waals surface area contributed by atoms with E-state index in [0.29, 0.717) is 37.6 Å². The van der Waals surface area contributed by atoms with E-state index < -0.39 is 16.1 Å². The third kappa shape index (κ3) is 4.81. The zero-order valence-corrected chi connectivity index (χ0v) is 21.7. The van der Waals surface area contributed by atoms with Crippen LogP contribution in [0.15, 0.2) is 82.2 Å². The molecular weight excluding hydrogens is 546 g/mol. The molecule has 1 saturated heterocycles. The average Bonchev–Trinajstić information content (AvgIpc) is 3.05. The predicted molar refractivity (Wildman–Crippen MR) is 138 cm³/mol. The Balaban J connectivity index is 1.52. The number of nitrogens with zero attached hydrogens (tertiary/aromatic N) is 2. The Hall–Kier alpha value is -3.05. The Kier molecular flexibility index (Phi) is 6.94. The number of sulfonamides is 1. The molecule has 3 aromatic rings. The molecular formula is C26H24BrN3O5S. The van der Waals surface area contributed by atoms with Crippen LogP contribution in [-0.4, -0.2) is 62.3 Å². The van der Waals surface area contributed by atoms with Gasteiger partial charge >= 0.3 is 0 Å². The van der Waals surface area contributed by atoms with Gasteiger partial charge in [-0.2, -0.15) is 4.31 Å². The second-order valence-electron chi connectivity index (χ2n) is 8.57. The highest BCUT2D eigenvalue weighted by Crippen LogP contribution is 2.38. The smallest absolute Gasteiger partial charge is 0.255 e. The fourth-order valence-electron chi connectivity index (χ4n) is 4.53. The van der Waals surface area contributed by atoms with Crippen LogP contribution >= 0.6 is 15.9 Å². The van der Waals surface area contributed by atoms with Crippen molar-refractivity contribution in [3.8, 4) is 0 Å². The summed E-state index contributed by atoms with van der Waals surface area (Å²) in [5.41, 5.74) is 2.57. The first kappa shape index (κ1) is 24.6. The van der Waals surface area contributed by atoms with Crippen molar-refractivity contribution in [1.82, 2.24) is 9.21 Å². The molecule has 186 valence electrons. The molecule has 1 N–H and O–H groups in total. The Bertz CT molecular complexity index is 1390. The largest absolute Gasteiger partial charge is 0.379 e. The van der Waals surface area contributed by atoms with Crippen molar-refractivity contribution in [2.45, 2.75) is 10.9 Å². The van der Waals surface area contributed by atoms with Crippen molar-refractivity contribution >= 4 is 43.5 Å². The molecule has 1 atom stereocenters. The van der Waals surface area contributed by atoms with Gasteiger partial charge in [0.05, 0.1) is 24.2 Å². The second kappa shape index (κ2) is 10.1. The number of hydrogen-bond donors (Lipinski definition) is 1. The maximum atomic E-state index is 13.8. The Morgan fingerprint density at radius 1 is 0.972 bits per heavy atom. The second-order valence-corrected chi connectivity index (χ2v) is 11.4. The van der Waals surface area contributed by atoms with E-state index >= 15 is 0 Å². The van der Waals surface area contributed by atoms with Gasteiger partial charge in [0.15, 0.2) is 0 Å². The minimum absolute atomic E-state index is 0.114. The van der Waals surface area contributed by atoms with Crippen LogP contribution < -0.4 is 5.32 Å². The van der Waals surface area contributed by atoms with Gasteiger partial charge in [-0.3, -0.25) is 9.59 Å². The molecule has 1 fully saturated rings. The molecule has 2 aliphatic heterocycles. The maximum absolute atomic E-state index is 13.8. The normalized spacial score (nSPS) is 18.8. The molecule has 10 heteroatoms. The molecule has 3 aromatic carbocycles. The Labute approximate surface area is 218 Å². The minimum Gasteiger partial charge on any atom is -0.379 e. The third-order valence-electron chi connectivity index (χ3n) is 6.29. The van der Waals surface area contributed by atoms with Gasteiger partial charge in [0.25, 0.3) is 5.91 Å². The molecule has 5 rings (SSSR count). The van der Waals surface area contributed by atoms with Gasteiger partial charge in [-0.15, -0.1) is 0 Å². The highest BCUT2D eigenvalue weighted by molar-refractivity contribution is 9.10. The number of anilines is 1. The van der Waals surface area contributed by atoms with Gasteiger partial charge < -0.3 is 15.0 Å². The number of fused-ring (bicyclic) bond motifs is 1. The summed E-state index contributed by atoms with van der Waals surface area (Å²) in [6.07, 6.45) is 0. The zero-order valence-electron chi connectivity index (χ0n) is 19.3. The number of carbonyl (C=O) groups is 2. The zero-order chi connectivity index (χ0) is 25.3. The average molecular weight is 570 g/mol. The molecule has 0 aliphatic carbocycles. The highest BCUT2D eigenvalue weighted by atomic mass is 79.9. The van der Waals surface area contributed by atoms with E-state index in [-0.39, 0.29) is 23.3 Å². The SMILES string of the molecule is O=C1CN(C(=O)c2ccc(S(=O)(=O)N3CCOCC3)cc2)[C@@H](c2ccccc2)c2cc(Br)ccc2N1. The summed E-state index contributed by atoms with van der Waals surface area (Å²) in [5.74, 6) is -0.681. The van der Waals surface area contributed by atoms with Gasteiger partial charge in [-0.1, -0.05) is 46.3 Å². The van der Waals surface area contributed by atoms with Crippen molar-refractivity contribution in [1.29, 1.82) is 0 Å². The lowest BCUT2D eigenvalue weighted by Crippen LogP contribution is -2.40. The number of ether oxygens (including phenoxy) is 1. The molecule has 0 unspecified atom stereocenters. The molecule has 2 heterocycles. The molecule has 0 spiro atoms. The molecule has 2 aliphatic rings. The van der Waals surface area contributed by atoms with Gasteiger partial charge in [0.2, 0.25) is 15.9 Å². The lowest BCUT2D eigenvalue weighted by molar-refractivity contribution is -0.117. The lowest BCUT2D eigenvalue weighted by Gasteiger charge is -2.31. The monoisotopic (exact) mass is 569 g/mol. The van der Waals surface area contributed by atoms with E-state index in [9.17, 15) is 18.0 Å². The number of halogens is 1. The van der Waals surface area contributed by atoms with E-state index in [1.54, 1.807) is 0 Å². The fourth-order valence-corrected chi connectivity index (χ4v) is 6.32. The van der Waals surface area contributed by atoms with Crippen LogP contribution in [-0.2, 0) is 19.6 Å². The third-order valence-corrected chi connectivity index (χ3v) is 8.70. The number of carbonyl (C=O) groups excluding carboxylic acids is 2. The summed E-state index contributed by atoms with van der Waals surface area (Å²) in [6, 6.07) is 20.4. The predicted octanol–water partition coefficient (Wildman–Crippen LogP) is 3.65. The number of morpholine rings is 1. The Morgan fingerprint density at radius 2 is 1.67 bits per heavy atom. The van der Waals surface area contributed by atoms with Crippen LogP contribution in [0.5, 0.6) is 0 Å². The summed E-state index contributed by atoms with van der Waals surface area (Å²) < 4.78 is 33.4. The molecule has 8 nitrogen and oxygen atoms in total. The summed E-state index contributed by atoms with van der Waals surface area (Å²) in [7, 11) is -3.68. The summed E-state index contributed by atoms with van der Waals surface area (Å²) in [4.78, 5) is 28.2. The van der Waals surface area contributed by atoms with Crippen molar-refractivity contribution < 1.29 is 22.7 Å². The van der Waals surface area contributed by atoms with Crippen molar-refractivity contribution in [3.63, 3.8) is 0 Å². The van der Waals surface area contributed by atoms with E-state index in [2.05, 4.69) is 21.2 Å². The van der Waals surface area contributed by atoms with Gasteiger partial charge in [-0.25, -0.2) is 8.42 Å². The number of rotatable bonds is 4. The van der Waals surface area contributed by atoms with Crippen molar-refractivity contribution in [2.75, 3.05) is 38.2 Å². The van der Waals surface area contributed by atoms with Crippen LogP contribution in [0.3, 0.4) is 0 Å². The minimum atomic E-state index is -3.68. The first-order chi connectivity index (χ1) is 17.3. The summed E-state index contributed by atoms with van der Waals surface area (Å²) >= 11 is 3.51. The summed E-state index contributed by atoms with van der Waals surface area (Å²) in [6.45, 7) is 1.13. The van der Waals surface area contributed by atoms with Gasteiger partial charge in [0.1, 0.15) is 6.54 Å². The number of amides is 2. The maximum Gasteiger partial charge on any atom is 0.255 e.